The second-order valence-corrected chi connectivity index (χ2v) is 7.74. The lowest BCUT2D eigenvalue weighted by Crippen LogP contribution is -2.46. The number of hydrogen-bond donors (Lipinski definition) is 1. The highest BCUT2D eigenvalue weighted by Crippen LogP contribution is 2.34. The van der Waals surface area contributed by atoms with Crippen molar-refractivity contribution in [3.05, 3.63) is 29.8 Å². The van der Waals surface area contributed by atoms with E-state index in [1.54, 1.807) is 0 Å². The average Bonchev–Trinajstić information content (AvgIpc) is 2.59. The van der Waals surface area contributed by atoms with E-state index in [9.17, 15) is 36.3 Å². The number of ether oxygens (including phenoxy) is 1. The van der Waals surface area contributed by atoms with Crippen molar-refractivity contribution in [3.8, 4) is 0 Å². The summed E-state index contributed by atoms with van der Waals surface area (Å²) >= 11 is 0. The summed E-state index contributed by atoms with van der Waals surface area (Å²) in [5.41, 5.74) is -6.35. The van der Waals surface area contributed by atoms with E-state index in [1.807, 2.05) is 0 Å². The summed E-state index contributed by atoms with van der Waals surface area (Å²) in [5.74, 6) is -0.623. The maximum atomic E-state index is 13.1. The van der Waals surface area contributed by atoms with Crippen molar-refractivity contribution in [2.24, 2.45) is 0 Å². The number of carbonyl (C=O) groups is 2. The smallest absolute Gasteiger partial charge is 0.449 e. The number of anilines is 1. The normalized spacial score (nSPS) is 18.1. The highest BCUT2D eigenvalue weighted by molar-refractivity contribution is 7.94. The van der Waals surface area contributed by atoms with Crippen LogP contribution in [0.4, 0.5) is 23.7 Å². The van der Waals surface area contributed by atoms with Gasteiger partial charge in [0, 0.05) is 13.1 Å². The lowest BCUT2D eigenvalue weighted by Gasteiger charge is -2.31. The second-order valence-electron chi connectivity index (χ2n) is 5.96. The van der Waals surface area contributed by atoms with Gasteiger partial charge < -0.3 is 14.7 Å². The monoisotopic (exact) mass is 424 g/mol. The molecule has 0 spiro atoms. The molecule has 1 heterocycles. The summed E-state index contributed by atoms with van der Waals surface area (Å²) in [6, 6.07) is 4.99. The fraction of sp³-hybridized carbons (Fsp3) is 0.500. The number of rotatable bonds is 5. The fourth-order valence-corrected chi connectivity index (χ4v) is 3.63. The first-order valence-corrected chi connectivity index (χ1v) is 9.77. The molecule has 2 amide bonds. The van der Waals surface area contributed by atoms with E-state index in [0.29, 0.717) is 6.42 Å². The van der Waals surface area contributed by atoms with Gasteiger partial charge >= 0.3 is 21.6 Å². The first kappa shape index (κ1) is 22.0. The summed E-state index contributed by atoms with van der Waals surface area (Å²) in [6.45, 7) is 0.919. The van der Waals surface area contributed by atoms with Crippen LogP contribution >= 0.6 is 0 Å². The molecule has 28 heavy (non-hydrogen) atoms. The first-order chi connectivity index (χ1) is 13.0. The summed E-state index contributed by atoms with van der Waals surface area (Å²) < 4.78 is 67.5. The van der Waals surface area contributed by atoms with Gasteiger partial charge in [-0.05, 0) is 31.4 Å². The molecule has 1 atom stereocenters. The number of piperidine rings is 1. The number of alkyl halides is 3. The minimum atomic E-state index is -6.09. The van der Waals surface area contributed by atoms with Crippen LogP contribution < -0.4 is 4.31 Å². The zero-order chi connectivity index (χ0) is 21.1. The number of hydrogen-bond acceptors (Lipinski definition) is 6. The van der Waals surface area contributed by atoms with Crippen LogP contribution in [0.25, 0.3) is 0 Å². The maximum Gasteiger partial charge on any atom is 0.517 e. The summed E-state index contributed by atoms with van der Waals surface area (Å²) in [4.78, 5) is 25.4. The third-order valence-electron chi connectivity index (χ3n) is 4.04. The molecule has 1 aliphatic rings. The van der Waals surface area contributed by atoms with Crippen molar-refractivity contribution in [1.29, 1.82) is 0 Å². The van der Waals surface area contributed by atoms with E-state index in [-0.39, 0.29) is 31.7 Å². The minimum Gasteiger partial charge on any atom is -0.449 e. The molecule has 12 heteroatoms. The number of nitrogens with zero attached hydrogens (tertiary/aromatic N) is 2. The number of para-hydroxylation sites is 1. The molecule has 0 saturated carbocycles. The molecule has 156 valence electrons. The second kappa shape index (κ2) is 8.35. The standard InChI is InChI=1S/C16H19F3N2O6S/c1-2-27-15(24)21(28(25,26)16(17,18)19)12-7-4-3-6-11(12)10-20-9-5-8-13(22)14(20)23/h3-4,6-7,13,22H,2,5,8-10H2,1H3. The third kappa shape index (κ3) is 4.38. The lowest BCUT2D eigenvalue weighted by molar-refractivity contribution is -0.144. The molecule has 1 fully saturated rings. The molecule has 1 aromatic rings. The van der Waals surface area contributed by atoms with Crippen molar-refractivity contribution in [2.45, 2.75) is 37.9 Å². The van der Waals surface area contributed by atoms with E-state index >= 15 is 0 Å². The number of sulfonamides is 1. The quantitative estimate of drug-likeness (QED) is 0.775. The molecule has 1 N–H and O–H groups in total. The minimum absolute atomic E-state index is 0.0224. The van der Waals surface area contributed by atoms with E-state index in [4.69, 9.17) is 0 Å². The topological polar surface area (TPSA) is 104 Å². The molecular formula is C16H19F3N2O6S. The van der Waals surface area contributed by atoms with Gasteiger partial charge in [-0.2, -0.15) is 25.9 Å². The molecule has 1 aromatic carbocycles. The number of carbonyl (C=O) groups excluding carboxylic acids is 2. The van der Waals surface area contributed by atoms with Gasteiger partial charge in [-0.25, -0.2) is 4.79 Å². The number of benzene rings is 1. The third-order valence-corrected chi connectivity index (χ3v) is 5.45. The summed E-state index contributed by atoms with van der Waals surface area (Å²) in [7, 11) is -6.09. The Morgan fingerprint density at radius 3 is 2.61 bits per heavy atom. The molecular weight excluding hydrogens is 405 g/mol. The van der Waals surface area contributed by atoms with Gasteiger partial charge in [0.05, 0.1) is 12.3 Å². The van der Waals surface area contributed by atoms with Crippen LogP contribution in [-0.2, 0) is 26.1 Å². The zero-order valence-corrected chi connectivity index (χ0v) is 15.7. The molecule has 0 bridgehead atoms. The largest absolute Gasteiger partial charge is 0.517 e. The molecule has 1 unspecified atom stereocenters. The Labute approximate surface area is 159 Å². The molecule has 0 aromatic heterocycles. The Kier molecular flexibility index (Phi) is 6.55. The van der Waals surface area contributed by atoms with Crippen molar-refractivity contribution in [3.63, 3.8) is 0 Å². The molecule has 1 aliphatic heterocycles. The summed E-state index contributed by atoms with van der Waals surface area (Å²) in [6.07, 6.45) is -2.22. The van der Waals surface area contributed by atoms with Gasteiger partial charge in [-0.1, -0.05) is 18.2 Å². The van der Waals surface area contributed by atoms with Crippen LogP contribution in [0, 0.1) is 0 Å². The number of halogens is 3. The Hall–Kier alpha value is -2.34. The molecule has 2 rings (SSSR count). The highest BCUT2D eigenvalue weighted by Gasteiger charge is 2.53. The number of aliphatic hydroxyl groups excluding tert-OH is 1. The Morgan fingerprint density at radius 2 is 2.00 bits per heavy atom. The van der Waals surface area contributed by atoms with Crippen LogP contribution in [0.2, 0.25) is 0 Å². The van der Waals surface area contributed by atoms with Crippen molar-refractivity contribution in [2.75, 3.05) is 17.5 Å². The lowest BCUT2D eigenvalue weighted by atomic mass is 10.1. The Bertz CT molecular complexity index is 843. The number of likely N-dealkylation sites (tertiary alicyclic amines) is 1. The molecule has 0 aliphatic carbocycles. The molecule has 0 radical (unpaired) electrons. The van der Waals surface area contributed by atoms with Gasteiger partial charge in [0.15, 0.2) is 0 Å². The number of amides is 2. The van der Waals surface area contributed by atoms with Crippen LogP contribution in [0.1, 0.15) is 25.3 Å². The van der Waals surface area contributed by atoms with Gasteiger partial charge in [0.1, 0.15) is 6.10 Å². The van der Waals surface area contributed by atoms with Gasteiger partial charge in [0.25, 0.3) is 5.91 Å². The first-order valence-electron chi connectivity index (χ1n) is 8.33. The van der Waals surface area contributed by atoms with Crippen molar-refractivity contribution < 1.29 is 41.0 Å². The van der Waals surface area contributed by atoms with Crippen molar-refractivity contribution >= 4 is 27.7 Å². The van der Waals surface area contributed by atoms with Gasteiger partial charge in [-0.15, -0.1) is 0 Å². The van der Waals surface area contributed by atoms with Crippen LogP contribution in [0.15, 0.2) is 24.3 Å². The molecule has 8 nitrogen and oxygen atoms in total. The Morgan fingerprint density at radius 1 is 1.36 bits per heavy atom. The van der Waals surface area contributed by atoms with Crippen LogP contribution in [0.5, 0.6) is 0 Å². The van der Waals surface area contributed by atoms with Crippen LogP contribution in [0.3, 0.4) is 0 Å². The van der Waals surface area contributed by atoms with E-state index < -0.39 is 43.6 Å². The van der Waals surface area contributed by atoms with Gasteiger partial charge in [0.2, 0.25) is 0 Å². The highest BCUT2D eigenvalue weighted by atomic mass is 32.2. The van der Waals surface area contributed by atoms with E-state index in [1.165, 1.54) is 30.0 Å². The van der Waals surface area contributed by atoms with Gasteiger partial charge in [-0.3, -0.25) is 4.79 Å². The van der Waals surface area contributed by atoms with Crippen LogP contribution in [-0.4, -0.2) is 55.2 Å². The predicted octanol–water partition coefficient (Wildman–Crippen LogP) is 1.98. The predicted molar refractivity (Wildman–Crippen MR) is 91.6 cm³/mol. The fourth-order valence-electron chi connectivity index (χ4n) is 2.74. The van der Waals surface area contributed by atoms with Crippen molar-refractivity contribution in [1.82, 2.24) is 4.90 Å². The summed E-state index contributed by atoms with van der Waals surface area (Å²) in [5, 5.41) is 9.68. The van der Waals surface area contributed by atoms with E-state index in [0.717, 1.165) is 6.07 Å². The number of aliphatic hydroxyl groups is 1. The maximum absolute atomic E-state index is 13.1. The zero-order valence-electron chi connectivity index (χ0n) is 14.8. The van der Waals surface area contributed by atoms with E-state index in [2.05, 4.69) is 4.74 Å². The molecule has 1 saturated heterocycles. The Balaban J connectivity index is 2.50. The average molecular weight is 424 g/mol. The SMILES string of the molecule is CCOC(=O)N(c1ccccc1CN1CCCC(O)C1=O)S(=O)(=O)C(F)(F)F.